The molecule has 1 fully saturated rings. The molecule has 0 radical (unpaired) electrons. The van der Waals surface area contributed by atoms with Gasteiger partial charge in [0.15, 0.2) is 5.60 Å². The number of fused-ring (bicyclic) bond motifs is 3. The van der Waals surface area contributed by atoms with E-state index in [-0.39, 0.29) is 29.1 Å². The van der Waals surface area contributed by atoms with Gasteiger partial charge in [-0.2, -0.15) is 0 Å². The van der Waals surface area contributed by atoms with Gasteiger partial charge in [-0.1, -0.05) is 13.2 Å². The van der Waals surface area contributed by atoms with E-state index in [2.05, 4.69) is 13.2 Å². The van der Waals surface area contributed by atoms with E-state index in [1.54, 1.807) is 6.92 Å². The van der Waals surface area contributed by atoms with Crippen molar-refractivity contribution in [2.24, 2.45) is 5.92 Å². The Bertz CT molecular complexity index is 788. The molecule has 0 spiro atoms. The summed E-state index contributed by atoms with van der Waals surface area (Å²) in [6.45, 7) is 9.99. The number of aliphatic hydroxyl groups excluding tert-OH is 1. The van der Waals surface area contributed by atoms with Crippen LogP contribution in [0.1, 0.15) is 20.3 Å². The Morgan fingerprint density at radius 2 is 2.15 bits per heavy atom. The van der Waals surface area contributed by atoms with Crippen LogP contribution in [0.25, 0.3) is 0 Å². The van der Waals surface area contributed by atoms with Gasteiger partial charge in [0, 0.05) is 29.2 Å². The molecule has 3 aliphatic rings. The second-order valence-corrected chi connectivity index (χ2v) is 6.90. The first-order chi connectivity index (χ1) is 12.2. The van der Waals surface area contributed by atoms with Crippen LogP contribution in [-0.2, 0) is 28.6 Å². The van der Waals surface area contributed by atoms with E-state index in [4.69, 9.17) is 14.2 Å². The Morgan fingerprint density at radius 1 is 1.46 bits per heavy atom. The molecular weight excluding hydrogens is 340 g/mol. The number of hydrogen-bond acceptors (Lipinski definition) is 7. The molecule has 4 unspecified atom stereocenters. The summed E-state index contributed by atoms with van der Waals surface area (Å²) < 4.78 is 16.6. The van der Waals surface area contributed by atoms with Crippen LogP contribution in [0.5, 0.6) is 0 Å². The van der Waals surface area contributed by atoms with Crippen molar-refractivity contribution in [3.05, 3.63) is 47.8 Å². The summed E-state index contributed by atoms with van der Waals surface area (Å²) in [5, 5.41) is 9.67. The molecule has 3 rings (SSSR count). The van der Waals surface area contributed by atoms with Gasteiger partial charge >= 0.3 is 11.9 Å². The van der Waals surface area contributed by atoms with Crippen LogP contribution in [0.15, 0.2) is 47.8 Å². The number of rotatable bonds is 3. The molecule has 7 heteroatoms. The molecule has 1 saturated heterocycles. The summed E-state index contributed by atoms with van der Waals surface area (Å²) in [6, 6.07) is 0. The largest absolute Gasteiger partial charge is 0.479 e. The molecule has 0 aliphatic carbocycles. The summed E-state index contributed by atoms with van der Waals surface area (Å²) in [7, 11) is 0. The second kappa shape index (κ2) is 6.25. The predicted octanol–water partition coefficient (Wildman–Crippen LogP) is 1.14. The number of ketones is 1. The zero-order valence-corrected chi connectivity index (χ0v) is 14.6. The zero-order chi connectivity index (χ0) is 19.2. The maximum atomic E-state index is 12.5. The van der Waals surface area contributed by atoms with Crippen LogP contribution in [0.2, 0.25) is 0 Å². The topological polar surface area (TPSA) is 99.1 Å². The maximum Gasteiger partial charge on any atom is 0.334 e. The average Bonchev–Trinajstić information content (AvgIpc) is 3.01. The van der Waals surface area contributed by atoms with Crippen molar-refractivity contribution in [1.82, 2.24) is 0 Å². The molecule has 7 nitrogen and oxygen atoms in total. The molecule has 0 saturated carbocycles. The quantitative estimate of drug-likeness (QED) is 0.595. The molecule has 0 aromatic rings. The van der Waals surface area contributed by atoms with Gasteiger partial charge in [-0.15, -0.1) is 0 Å². The molecular formula is C19H20O7. The molecule has 3 heterocycles. The SMILES string of the molecule is C=C(C)C(=O)OC1CC2(C)OC(=CC2=O)/C(CO)=C\C2OC(=O)C(=C)C21. The number of carbonyl (C=O) groups excluding carboxylic acids is 3. The number of hydrogen-bond donors (Lipinski definition) is 1. The fourth-order valence-corrected chi connectivity index (χ4v) is 3.35. The molecule has 1 N–H and O–H groups in total. The predicted molar refractivity (Wildman–Crippen MR) is 89.6 cm³/mol. The third-order valence-corrected chi connectivity index (χ3v) is 4.83. The van der Waals surface area contributed by atoms with Gasteiger partial charge in [0.05, 0.1) is 12.5 Å². The van der Waals surface area contributed by atoms with Crippen molar-refractivity contribution in [2.45, 2.75) is 38.1 Å². The lowest BCUT2D eigenvalue weighted by Crippen LogP contribution is -2.42. The van der Waals surface area contributed by atoms with Crippen molar-refractivity contribution in [3.8, 4) is 0 Å². The number of carbonyl (C=O) groups is 3. The summed E-state index contributed by atoms with van der Waals surface area (Å²) in [5.41, 5.74) is -0.631. The molecule has 0 aromatic carbocycles. The fourth-order valence-electron chi connectivity index (χ4n) is 3.35. The van der Waals surface area contributed by atoms with Crippen LogP contribution in [0, 0.1) is 5.92 Å². The molecule has 2 bridgehead atoms. The lowest BCUT2D eigenvalue weighted by Gasteiger charge is -2.31. The van der Waals surface area contributed by atoms with Gasteiger partial charge in [0.1, 0.15) is 18.0 Å². The highest BCUT2D eigenvalue weighted by Crippen LogP contribution is 2.42. The first kappa shape index (κ1) is 18.1. The first-order valence-electron chi connectivity index (χ1n) is 8.19. The smallest absolute Gasteiger partial charge is 0.334 e. The lowest BCUT2D eigenvalue weighted by atomic mass is 9.82. The number of ether oxygens (including phenoxy) is 3. The van der Waals surface area contributed by atoms with E-state index in [1.165, 1.54) is 19.1 Å². The van der Waals surface area contributed by atoms with Crippen molar-refractivity contribution < 1.29 is 33.7 Å². The van der Waals surface area contributed by atoms with Gasteiger partial charge in [0.25, 0.3) is 0 Å². The van der Waals surface area contributed by atoms with E-state index in [9.17, 15) is 19.5 Å². The van der Waals surface area contributed by atoms with Gasteiger partial charge in [-0.05, 0) is 19.9 Å². The Morgan fingerprint density at radius 3 is 2.77 bits per heavy atom. The summed E-state index contributed by atoms with van der Waals surface area (Å²) in [4.78, 5) is 36.6. The second-order valence-electron chi connectivity index (χ2n) is 6.90. The first-order valence-corrected chi connectivity index (χ1v) is 8.19. The molecule has 0 amide bonds. The van der Waals surface area contributed by atoms with E-state index in [0.29, 0.717) is 5.57 Å². The van der Waals surface area contributed by atoms with Crippen molar-refractivity contribution in [2.75, 3.05) is 6.61 Å². The van der Waals surface area contributed by atoms with Crippen LogP contribution in [0.4, 0.5) is 0 Å². The molecule has 4 atom stereocenters. The van der Waals surface area contributed by atoms with Crippen LogP contribution in [0.3, 0.4) is 0 Å². The molecule has 138 valence electrons. The third-order valence-electron chi connectivity index (χ3n) is 4.83. The Kier molecular flexibility index (Phi) is 4.36. The summed E-state index contributed by atoms with van der Waals surface area (Å²) >= 11 is 0. The van der Waals surface area contributed by atoms with E-state index in [1.807, 2.05) is 0 Å². The number of aliphatic hydroxyl groups is 1. The van der Waals surface area contributed by atoms with Crippen LogP contribution < -0.4 is 0 Å². The highest BCUT2D eigenvalue weighted by Gasteiger charge is 2.52. The minimum Gasteiger partial charge on any atom is -0.479 e. The number of esters is 2. The fraction of sp³-hybridized carbons (Fsp3) is 0.421. The minimum absolute atomic E-state index is 0.00816. The zero-order valence-electron chi connectivity index (χ0n) is 14.6. The maximum absolute atomic E-state index is 12.5. The summed E-state index contributed by atoms with van der Waals surface area (Å²) in [6.07, 6.45) is 1.14. The molecule has 26 heavy (non-hydrogen) atoms. The molecule has 3 aliphatic heterocycles. The average molecular weight is 360 g/mol. The van der Waals surface area contributed by atoms with Gasteiger partial charge < -0.3 is 19.3 Å². The Hall–Kier alpha value is -2.67. The van der Waals surface area contributed by atoms with E-state index >= 15 is 0 Å². The van der Waals surface area contributed by atoms with Crippen molar-refractivity contribution >= 4 is 17.7 Å². The van der Waals surface area contributed by atoms with E-state index < -0.39 is 42.3 Å². The van der Waals surface area contributed by atoms with Gasteiger partial charge in [-0.3, -0.25) is 4.79 Å². The van der Waals surface area contributed by atoms with Crippen molar-refractivity contribution in [3.63, 3.8) is 0 Å². The highest BCUT2D eigenvalue weighted by atomic mass is 16.6. The van der Waals surface area contributed by atoms with Crippen LogP contribution in [-0.4, -0.2) is 47.2 Å². The lowest BCUT2D eigenvalue weighted by molar-refractivity contribution is -0.153. The van der Waals surface area contributed by atoms with Crippen LogP contribution >= 0.6 is 0 Å². The molecule has 0 aromatic heterocycles. The Balaban J connectivity index is 2.09. The van der Waals surface area contributed by atoms with Gasteiger partial charge in [0.2, 0.25) is 5.78 Å². The van der Waals surface area contributed by atoms with Crippen molar-refractivity contribution in [1.29, 1.82) is 0 Å². The highest BCUT2D eigenvalue weighted by molar-refractivity contribution is 6.00. The normalized spacial score (nSPS) is 35.0. The third kappa shape index (κ3) is 2.88. The monoisotopic (exact) mass is 360 g/mol. The standard InChI is InChI=1S/C19H20O7/c1-9(2)17(22)25-14-7-19(4)15(21)6-12(26-19)11(8-20)5-13-16(14)10(3)18(23)24-13/h5-6,13-14,16,20H,1,3,7-8H2,2,4H3/b11-5-. The summed E-state index contributed by atoms with van der Waals surface area (Å²) in [5.74, 6) is -2.03. The minimum atomic E-state index is -1.29. The van der Waals surface area contributed by atoms with Gasteiger partial charge in [-0.25, -0.2) is 9.59 Å². The van der Waals surface area contributed by atoms with E-state index in [0.717, 1.165) is 0 Å². The Labute approximate surface area is 150 Å².